The van der Waals surface area contributed by atoms with Crippen LogP contribution in [-0.4, -0.2) is 15.5 Å². The topological polar surface area (TPSA) is 46.9 Å². The van der Waals surface area contributed by atoms with Gasteiger partial charge in [0.25, 0.3) is 0 Å². The normalized spacial score (nSPS) is 11.3. The van der Waals surface area contributed by atoms with Gasteiger partial charge in [0.05, 0.1) is 22.6 Å². The monoisotopic (exact) mass is 343 g/mol. The van der Waals surface area contributed by atoms with Crippen molar-refractivity contribution < 1.29 is 9.18 Å². The Hall–Kier alpha value is -2.66. The van der Waals surface area contributed by atoms with Crippen molar-refractivity contribution in [3.05, 3.63) is 70.8 Å². The number of hydrogen-bond donors (Lipinski definition) is 1. The average Bonchev–Trinajstić information content (AvgIpc) is 2.90. The number of carbonyl (C=O) groups excluding carboxylic acids is 1. The molecule has 0 saturated heterocycles. The van der Waals surface area contributed by atoms with E-state index in [1.165, 1.54) is 18.2 Å². The molecule has 0 fully saturated rings. The van der Waals surface area contributed by atoms with Gasteiger partial charge in [-0.25, -0.2) is 9.37 Å². The zero-order chi connectivity index (χ0) is 17.1. The second kappa shape index (κ2) is 6.84. The average molecular weight is 344 g/mol. The first-order chi connectivity index (χ1) is 11.5. The number of aryl methyl sites for hydroxylation is 1. The van der Waals surface area contributed by atoms with Crippen LogP contribution in [0.15, 0.2) is 48.5 Å². The third-order valence-corrected chi connectivity index (χ3v) is 3.96. The lowest BCUT2D eigenvalue weighted by Gasteiger charge is -2.03. The number of amides is 1. The number of nitrogens with one attached hydrogen (secondary N) is 1. The minimum atomic E-state index is -0.486. The largest absolute Gasteiger partial charge is 0.345 e. The van der Waals surface area contributed by atoms with E-state index in [4.69, 9.17) is 11.6 Å². The Morgan fingerprint density at radius 3 is 2.88 bits per heavy atom. The van der Waals surface area contributed by atoms with Crippen molar-refractivity contribution in [2.75, 3.05) is 0 Å². The summed E-state index contributed by atoms with van der Waals surface area (Å²) >= 11 is 5.71. The Labute approximate surface area is 143 Å². The molecule has 3 rings (SSSR count). The summed E-state index contributed by atoms with van der Waals surface area (Å²) in [6.07, 6.45) is 2.96. The zero-order valence-corrected chi connectivity index (χ0v) is 13.7. The van der Waals surface area contributed by atoms with E-state index in [0.717, 1.165) is 16.9 Å². The zero-order valence-electron chi connectivity index (χ0n) is 13.0. The maximum absolute atomic E-state index is 13.1. The highest BCUT2D eigenvalue weighted by Gasteiger charge is 2.07. The molecule has 0 saturated carbocycles. The highest BCUT2D eigenvalue weighted by molar-refractivity contribution is 6.30. The van der Waals surface area contributed by atoms with Crippen molar-refractivity contribution in [3.63, 3.8) is 0 Å². The molecular formula is C18H15ClFN3O. The highest BCUT2D eigenvalue weighted by Crippen LogP contribution is 2.17. The molecule has 0 aliphatic heterocycles. The predicted molar refractivity (Wildman–Crippen MR) is 93.0 cm³/mol. The van der Waals surface area contributed by atoms with Crippen LogP contribution in [-0.2, 0) is 18.4 Å². The van der Waals surface area contributed by atoms with E-state index in [1.54, 1.807) is 12.1 Å². The Morgan fingerprint density at radius 2 is 2.12 bits per heavy atom. The van der Waals surface area contributed by atoms with Crippen LogP contribution in [0.3, 0.4) is 0 Å². The first-order valence-corrected chi connectivity index (χ1v) is 7.73. The van der Waals surface area contributed by atoms with Crippen LogP contribution < -0.4 is 5.32 Å². The van der Waals surface area contributed by atoms with Gasteiger partial charge in [0.15, 0.2) is 0 Å². The van der Waals surface area contributed by atoms with Crippen LogP contribution in [0, 0.1) is 5.82 Å². The SMILES string of the molecule is Cn1c(CNC(=O)/C=C/c2ccc(F)c(Cl)c2)nc2ccccc21. The lowest BCUT2D eigenvalue weighted by molar-refractivity contribution is -0.116. The molecule has 0 bridgehead atoms. The molecule has 4 nitrogen and oxygen atoms in total. The molecule has 3 aromatic rings. The molecule has 1 aromatic heterocycles. The van der Waals surface area contributed by atoms with Crippen LogP contribution in [0.4, 0.5) is 4.39 Å². The first-order valence-electron chi connectivity index (χ1n) is 7.36. The quantitative estimate of drug-likeness (QED) is 0.734. The molecule has 0 atom stereocenters. The third kappa shape index (κ3) is 3.46. The third-order valence-electron chi connectivity index (χ3n) is 3.67. The summed E-state index contributed by atoms with van der Waals surface area (Å²) in [4.78, 5) is 16.4. The lowest BCUT2D eigenvalue weighted by atomic mass is 10.2. The minimum Gasteiger partial charge on any atom is -0.345 e. The van der Waals surface area contributed by atoms with Crippen LogP contribution >= 0.6 is 11.6 Å². The summed E-state index contributed by atoms with van der Waals surface area (Å²) in [5.74, 6) is 0.0189. The number of imidazole rings is 1. The van der Waals surface area contributed by atoms with E-state index in [2.05, 4.69) is 10.3 Å². The fraction of sp³-hybridized carbons (Fsp3) is 0.111. The maximum atomic E-state index is 13.1. The summed E-state index contributed by atoms with van der Waals surface area (Å²) in [7, 11) is 1.91. The fourth-order valence-corrected chi connectivity index (χ4v) is 2.56. The molecule has 0 unspecified atom stereocenters. The molecule has 0 aliphatic carbocycles. The second-order valence-electron chi connectivity index (χ2n) is 5.30. The summed E-state index contributed by atoms with van der Waals surface area (Å²) < 4.78 is 15.0. The number of halogens is 2. The van der Waals surface area contributed by atoms with Crippen molar-refractivity contribution >= 4 is 34.6 Å². The molecule has 2 aromatic carbocycles. The molecule has 0 radical (unpaired) electrons. The van der Waals surface area contributed by atoms with E-state index < -0.39 is 5.82 Å². The maximum Gasteiger partial charge on any atom is 0.244 e. The van der Waals surface area contributed by atoms with E-state index in [9.17, 15) is 9.18 Å². The van der Waals surface area contributed by atoms with Crippen LogP contribution in [0.1, 0.15) is 11.4 Å². The predicted octanol–water partition coefficient (Wildman–Crippen LogP) is 3.70. The van der Waals surface area contributed by atoms with Gasteiger partial charge in [-0.15, -0.1) is 0 Å². The number of benzene rings is 2. The Balaban J connectivity index is 1.65. The van der Waals surface area contributed by atoms with E-state index in [0.29, 0.717) is 12.1 Å². The molecule has 0 aliphatic rings. The number of fused-ring (bicyclic) bond motifs is 1. The molecular weight excluding hydrogens is 329 g/mol. The van der Waals surface area contributed by atoms with Crippen LogP contribution in [0.2, 0.25) is 5.02 Å². The Kier molecular flexibility index (Phi) is 4.62. The lowest BCUT2D eigenvalue weighted by Crippen LogP contribution is -2.22. The molecule has 1 N–H and O–H groups in total. The molecule has 6 heteroatoms. The smallest absolute Gasteiger partial charge is 0.244 e. The standard InChI is InChI=1S/C18H15ClFN3O/c1-23-16-5-3-2-4-15(16)22-17(23)11-21-18(24)9-7-12-6-8-14(20)13(19)10-12/h2-10H,11H2,1H3,(H,21,24)/b9-7+. The van der Waals surface area contributed by atoms with Gasteiger partial charge >= 0.3 is 0 Å². The van der Waals surface area contributed by atoms with Gasteiger partial charge in [-0.2, -0.15) is 0 Å². The molecule has 1 amide bonds. The number of carbonyl (C=O) groups is 1. The van der Waals surface area contributed by atoms with Gasteiger partial charge in [0.2, 0.25) is 5.91 Å². The molecule has 1 heterocycles. The van der Waals surface area contributed by atoms with Crippen molar-refractivity contribution in [1.29, 1.82) is 0 Å². The number of hydrogen-bond acceptors (Lipinski definition) is 2. The van der Waals surface area contributed by atoms with Gasteiger partial charge in [-0.05, 0) is 35.9 Å². The van der Waals surface area contributed by atoms with E-state index >= 15 is 0 Å². The van der Waals surface area contributed by atoms with E-state index in [1.807, 2.05) is 35.9 Å². The number of para-hydroxylation sites is 2. The van der Waals surface area contributed by atoms with Gasteiger partial charge in [0.1, 0.15) is 11.6 Å². The van der Waals surface area contributed by atoms with Gasteiger partial charge in [-0.3, -0.25) is 4.79 Å². The summed E-state index contributed by atoms with van der Waals surface area (Å²) in [6.45, 7) is 0.318. The Bertz CT molecular complexity index is 933. The summed E-state index contributed by atoms with van der Waals surface area (Å²) in [6, 6.07) is 12.1. The van der Waals surface area contributed by atoms with Crippen molar-refractivity contribution in [1.82, 2.24) is 14.9 Å². The van der Waals surface area contributed by atoms with E-state index in [-0.39, 0.29) is 10.9 Å². The first kappa shape index (κ1) is 16.2. The summed E-state index contributed by atoms with van der Waals surface area (Å²) in [5, 5.41) is 2.81. The highest BCUT2D eigenvalue weighted by atomic mass is 35.5. The van der Waals surface area contributed by atoms with Crippen molar-refractivity contribution in [3.8, 4) is 0 Å². The fourth-order valence-electron chi connectivity index (χ4n) is 2.37. The molecule has 24 heavy (non-hydrogen) atoms. The van der Waals surface area contributed by atoms with Crippen molar-refractivity contribution in [2.24, 2.45) is 7.05 Å². The molecule has 0 spiro atoms. The Morgan fingerprint density at radius 1 is 1.33 bits per heavy atom. The summed E-state index contributed by atoms with van der Waals surface area (Å²) in [5.41, 5.74) is 2.55. The minimum absolute atomic E-state index is 0.0252. The number of nitrogens with zero attached hydrogens (tertiary/aromatic N) is 2. The number of rotatable bonds is 4. The van der Waals surface area contributed by atoms with Gasteiger partial charge in [-0.1, -0.05) is 29.8 Å². The van der Waals surface area contributed by atoms with Gasteiger partial charge < -0.3 is 9.88 Å². The number of aromatic nitrogens is 2. The van der Waals surface area contributed by atoms with Crippen molar-refractivity contribution in [2.45, 2.75) is 6.54 Å². The molecule has 122 valence electrons. The van der Waals surface area contributed by atoms with Crippen LogP contribution in [0.5, 0.6) is 0 Å². The van der Waals surface area contributed by atoms with Gasteiger partial charge in [0, 0.05) is 13.1 Å². The second-order valence-corrected chi connectivity index (χ2v) is 5.71. The van der Waals surface area contributed by atoms with Crippen LogP contribution in [0.25, 0.3) is 17.1 Å².